The second-order valence-corrected chi connectivity index (χ2v) is 7.08. The highest BCUT2D eigenvalue weighted by molar-refractivity contribution is 14.0. The molecule has 1 aliphatic rings. The molecule has 1 aromatic rings. The van der Waals surface area contributed by atoms with E-state index in [1.807, 2.05) is 0 Å². The second kappa shape index (κ2) is 9.72. The topological polar surface area (TPSA) is 56.7 Å². The molecule has 1 saturated carbocycles. The van der Waals surface area contributed by atoms with Crippen molar-refractivity contribution in [3.8, 4) is 0 Å². The van der Waals surface area contributed by atoms with E-state index in [4.69, 9.17) is 0 Å². The summed E-state index contributed by atoms with van der Waals surface area (Å²) in [6.45, 7) is 6.55. The highest BCUT2D eigenvalue weighted by Gasteiger charge is 2.35. The number of nitrogens with one attached hydrogen (secondary N) is 2. The molecule has 6 heteroatoms. The van der Waals surface area contributed by atoms with Gasteiger partial charge in [-0.1, -0.05) is 25.8 Å². The van der Waals surface area contributed by atoms with Crippen molar-refractivity contribution >= 4 is 41.3 Å². The average molecular weight is 437 g/mol. The van der Waals surface area contributed by atoms with Crippen molar-refractivity contribution in [2.24, 2.45) is 10.4 Å². The van der Waals surface area contributed by atoms with Crippen LogP contribution < -0.4 is 10.6 Å². The number of nitrogens with zero attached hydrogens (tertiary/aromatic N) is 1. The first-order valence-electron chi connectivity index (χ1n) is 7.86. The Morgan fingerprint density at radius 1 is 1.45 bits per heavy atom. The van der Waals surface area contributed by atoms with Crippen LogP contribution in [-0.2, 0) is 6.54 Å². The molecule has 0 spiro atoms. The first-order chi connectivity index (χ1) is 10.1. The Bertz CT molecular complexity index is 452. The molecule has 22 heavy (non-hydrogen) atoms. The Kier molecular flexibility index (Phi) is 8.71. The van der Waals surface area contributed by atoms with Crippen LogP contribution in [0.4, 0.5) is 0 Å². The molecule has 126 valence electrons. The summed E-state index contributed by atoms with van der Waals surface area (Å²) in [5, 5.41) is 19.0. The largest absolute Gasteiger partial charge is 0.392 e. The van der Waals surface area contributed by atoms with Crippen molar-refractivity contribution < 1.29 is 5.11 Å². The van der Waals surface area contributed by atoms with Crippen LogP contribution in [0.25, 0.3) is 0 Å². The van der Waals surface area contributed by atoms with E-state index in [0.717, 1.165) is 38.3 Å². The predicted octanol–water partition coefficient (Wildman–Crippen LogP) is 3.36. The molecular formula is C16H28IN3OS. The van der Waals surface area contributed by atoms with Gasteiger partial charge in [0.2, 0.25) is 0 Å². The molecule has 2 atom stereocenters. The lowest BCUT2D eigenvalue weighted by atomic mass is 9.73. The molecule has 1 fully saturated rings. The van der Waals surface area contributed by atoms with E-state index in [1.54, 1.807) is 11.3 Å². The molecule has 0 saturated heterocycles. The zero-order valence-corrected chi connectivity index (χ0v) is 16.6. The summed E-state index contributed by atoms with van der Waals surface area (Å²) in [5.41, 5.74) is -0.0443. The van der Waals surface area contributed by atoms with Gasteiger partial charge in [0.05, 0.1) is 12.6 Å². The number of guanidine groups is 1. The van der Waals surface area contributed by atoms with E-state index in [-0.39, 0.29) is 35.5 Å². The Hall–Kier alpha value is -0.340. The highest BCUT2D eigenvalue weighted by atomic mass is 127. The average Bonchev–Trinajstić information content (AvgIpc) is 2.99. The van der Waals surface area contributed by atoms with Crippen LogP contribution in [0.3, 0.4) is 0 Å². The Morgan fingerprint density at radius 2 is 2.27 bits per heavy atom. The molecule has 1 aromatic heterocycles. The number of hydrogen-bond acceptors (Lipinski definition) is 3. The minimum Gasteiger partial charge on any atom is -0.392 e. The third-order valence-corrected chi connectivity index (χ3v) is 5.12. The van der Waals surface area contributed by atoms with Gasteiger partial charge in [0.15, 0.2) is 5.96 Å². The van der Waals surface area contributed by atoms with Gasteiger partial charge in [0.25, 0.3) is 0 Å². The first-order valence-corrected chi connectivity index (χ1v) is 8.74. The summed E-state index contributed by atoms with van der Waals surface area (Å²) in [6, 6.07) is 4.15. The molecule has 1 heterocycles. The molecule has 0 aromatic carbocycles. The van der Waals surface area contributed by atoms with Crippen molar-refractivity contribution in [1.29, 1.82) is 0 Å². The van der Waals surface area contributed by atoms with Gasteiger partial charge in [0, 0.05) is 23.4 Å². The monoisotopic (exact) mass is 437 g/mol. The Morgan fingerprint density at radius 3 is 2.91 bits per heavy atom. The predicted molar refractivity (Wildman–Crippen MR) is 105 cm³/mol. The minimum atomic E-state index is -0.209. The number of hydrogen-bond donors (Lipinski definition) is 3. The van der Waals surface area contributed by atoms with E-state index in [1.165, 1.54) is 11.3 Å². The lowest BCUT2D eigenvalue weighted by Crippen LogP contribution is -2.48. The quantitative estimate of drug-likeness (QED) is 0.376. The van der Waals surface area contributed by atoms with Gasteiger partial charge < -0.3 is 15.7 Å². The van der Waals surface area contributed by atoms with Crippen LogP contribution in [0.5, 0.6) is 0 Å². The standard InChI is InChI=1S/C16H27N3OS.HI/c1-3-17-15(18-11-13-7-6-10-21-13)19-12-16(2)9-5-4-8-14(16)20;/h6-7,10,14,20H,3-5,8-9,11-12H2,1-2H3,(H2,17,18,19);1H. The maximum absolute atomic E-state index is 10.3. The minimum absolute atomic E-state index is 0. The molecule has 1 aliphatic carbocycles. The van der Waals surface area contributed by atoms with Crippen LogP contribution >= 0.6 is 35.3 Å². The smallest absolute Gasteiger partial charge is 0.191 e. The van der Waals surface area contributed by atoms with Gasteiger partial charge in [-0.2, -0.15) is 0 Å². The number of aliphatic hydroxyl groups is 1. The van der Waals surface area contributed by atoms with Crippen molar-refractivity contribution in [2.45, 2.75) is 52.2 Å². The van der Waals surface area contributed by atoms with Gasteiger partial charge in [-0.3, -0.25) is 0 Å². The molecule has 2 rings (SSSR count). The van der Waals surface area contributed by atoms with Crippen LogP contribution in [0, 0.1) is 5.41 Å². The maximum Gasteiger partial charge on any atom is 0.191 e. The second-order valence-electron chi connectivity index (χ2n) is 6.04. The van der Waals surface area contributed by atoms with Crippen molar-refractivity contribution in [1.82, 2.24) is 10.6 Å². The summed E-state index contributed by atoms with van der Waals surface area (Å²) in [6.07, 6.45) is 4.13. The van der Waals surface area contributed by atoms with E-state index in [0.29, 0.717) is 6.54 Å². The third kappa shape index (κ3) is 5.70. The first kappa shape index (κ1) is 19.7. The van der Waals surface area contributed by atoms with Gasteiger partial charge in [0.1, 0.15) is 0 Å². The van der Waals surface area contributed by atoms with Crippen molar-refractivity contribution in [2.75, 3.05) is 13.1 Å². The van der Waals surface area contributed by atoms with Crippen LogP contribution in [0.1, 0.15) is 44.4 Å². The molecular weight excluding hydrogens is 409 g/mol. The van der Waals surface area contributed by atoms with E-state index in [2.05, 4.69) is 47.0 Å². The zero-order valence-electron chi connectivity index (χ0n) is 13.5. The zero-order chi connectivity index (χ0) is 15.1. The molecule has 0 radical (unpaired) electrons. The SMILES string of the molecule is CCNC(=NCc1cccs1)NCC1(C)CCCCC1O.I. The number of aliphatic imine (C=N–C) groups is 1. The van der Waals surface area contributed by atoms with Gasteiger partial charge in [-0.15, -0.1) is 35.3 Å². The Balaban J connectivity index is 0.00000242. The number of rotatable bonds is 5. The number of thiophene rings is 1. The Labute approximate surface area is 154 Å². The molecule has 3 N–H and O–H groups in total. The third-order valence-electron chi connectivity index (χ3n) is 4.26. The highest BCUT2D eigenvalue weighted by Crippen LogP contribution is 2.35. The van der Waals surface area contributed by atoms with Crippen LogP contribution in [0.2, 0.25) is 0 Å². The normalized spacial score (nSPS) is 25.4. The lowest BCUT2D eigenvalue weighted by Gasteiger charge is -2.38. The maximum atomic E-state index is 10.3. The van der Waals surface area contributed by atoms with Crippen molar-refractivity contribution in [3.05, 3.63) is 22.4 Å². The number of aliphatic hydroxyl groups excluding tert-OH is 1. The fourth-order valence-electron chi connectivity index (χ4n) is 2.77. The van der Waals surface area contributed by atoms with Gasteiger partial charge in [-0.25, -0.2) is 4.99 Å². The van der Waals surface area contributed by atoms with Crippen LogP contribution in [-0.4, -0.2) is 30.3 Å². The fourth-order valence-corrected chi connectivity index (χ4v) is 3.40. The van der Waals surface area contributed by atoms with E-state index < -0.39 is 0 Å². The van der Waals surface area contributed by atoms with E-state index in [9.17, 15) is 5.11 Å². The van der Waals surface area contributed by atoms with Gasteiger partial charge >= 0.3 is 0 Å². The summed E-state index contributed by atoms with van der Waals surface area (Å²) >= 11 is 1.73. The lowest BCUT2D eigenvalue weighted by molar-refractivity contribution is 0.00397. The van der Waals surface area contributed by atoms with Crippen LogP contribution in [0.15, 0.2) is 22.5 Å². The summed E-state index contributed by atoms with van der Waals surface area (Å²) in [5.74, 6) is 0.838. The van der Waals surface area contributed by atoms with Gasteiger partial charge in [-0.05, 0) is 31.2 Å². The van der Waals surface area contributed by atoms with E-state index >= 15 is 0 Å². The molecule has 2 unspecified atom stereocenters. The molecule has 0 bridgehead atoms. The fraction of sp³-hybridized carbons (Fsp3) is 0.688. The summed E-state index contributed by atoms with van der Waals surface area (Å²) in [4.78, 5) is 5.88. The van der Waals surface area contributed by atoms with Crippen molar-refractivity contribution in [3.63, 3.8) is 0 Å². The summed E-state index contributed by atoms with van der Waals surface area (Å²) < 4.78 is 0. The molecule has 4 nitrogen and oxygen atoms in total. The molecule has 0 aliphatic heterocycles. The number of halogens is 1. The molecule has 0 amide bonds. The summed E-state index contributed by atoms with van der Waals surface area (Å²) in [7, 11) is 0.